The van der Waals surface area contributed by atoms with E-state index in [0.29, 0.717) is 5.56 Å². The molecule has 1 aromatic carbocycles. The van der Waals surface area contributed by atoms with Gasteiger partial charge >= 0.3 is 11.9 Å². The minimum Gasteiger partial charge on any atom is -0.508 e. The predicted molar refractivity (Wildman–Crippen MR) is 344 cm³/mol. The molecule has 33 nitrogen and oxygen atoms in total. The van der Waals surface area contributed by atoms with Gasteiger partial charge in [-0.3, -0.25) is 71.9 Å². The van der Waals surface area contributed by atoms with Crippen LogP contribution in [-0.4, -0.2) is 224 Å². The highest BCUT2D eigenvalue weighted by atomic mass is 33.1. The normalized spacial score (nSPS) is 27.4. The number of carboxylic acids is 2. The van der Waals surface area contributed by atoms with Gasteiger partial charge in [-0.05, 0) is 61.5 Å². The molecule has 18 N–H and O–H groups in total. The Bertz CT molecular complexity index is 2930. The number of aliphatic carboxylic acids is 2. The molecular formula is C55H80N14O19S5. The number of phenols is 1. The van der Waals surface area contributed by atoms with Crippen molar-refractivity contribution in [2.45, 2.75) is 153 Å². The summed E-state index contributed by atoms with van der Waals surface area (Å²) in [7, 11) is 3.26. The zero-order valence-corrected chi connectivity index (χ0v) is 55.7. The summed E-state index contributed by atoms with van der Waals surface area (Å²) in [6.07, 6.45) is -3.09. The molecule has 0 unspecified atom stereocenters. The first-order valence-corrected chi connectivity index (χ1v) is 35.4. The molecule has 0 radical (unpaired) electrons. The minimum absolute atomic E-state index is 0.159. The first-order valence-electron chi connectivity index (χ1n) is 29.3. The smallest absolute Gasteiger partial charge is 0.327 e. The first kappa shape index (κ1) is 77.7. The molecule has 514 valence electrons. The number of hydrogen-bond acceptors (Lipinski definition) is 22. The SMILES string of the molecule is CC(=O)N[C@H]1CSSC[C@@H]2NC(=O)[C@@H]3CSSC[C@@H](C(=O)O)NC(=O)CNC(=O)[C@H](Cc4ccc(O)cc4)NC(=O)[C@H](CSCC[C@H](NC1=O)C(=O)N[C@@H](CCC(=O)O)C(=O)N[C@@H](CC(C)C)C(=O)N3)NC(=O)[C@H](C)NC(=O)[C@H](C(C)C)NC(=O)[C@H](CC(N)=O)NC2=O. The molecule has 3 fully saturated rings. The summed E-state index contributed by atoms with van der Waals surface area (Å²) >= 11 is 0.887. The Morgan fingerprint density at radius 1 is 0.570 bits per heavy atom. The molecule has 3 heterocycles. The van der Waals surface area contributed by atoms with Crippen molar-refractivity contribution in [3.63, 3.8) is 0 Å². The quantitative estimate of drug-likeness (QED) is 0.0691. The molecule has 1 aromatic rings. The Hall–Kier alpha value is -7.71. The van der Waals surface area contributed by atoms with Crippen LogP contribution in [0.1, 0.15) is 79.2 Å². The molecule has 0 aromatic heterocycles. The molecule has 14 amide bonds. The number of carbonyl (C=O) groups excluding carboxylic acids is 14. The highest BCUT2D eigenvalue weighted by molar-refractivity contribution is 8.77. The Labute approximate surface area is 554 Å². The summed E-state index contributed by atoms with van der Waals surface area (Å²) in [6, 6.07) is -14.4. The van der Waals surface area contributed by atoms with Gasteiger partial charge < -0.3 is 90.2 Å². The Morgan fingerprint density at radius 3 is 1.68 bits per heavy atom. The topological polar surface area (TPSA) is 516 Å². The number of nitrogens with one attached hydrogen (secondary N) is 13. The van der Waals surface area contributed by atoms with E-state index in [1.165, 1.54) is 45.0 Å². The summed E-state index contributed by atoms with van der Waals surface area (Å²) in [5, 5.41) is 62.3. The molecule has 93 heavy (non-hydrogen) atoms. The fraction of sp³-hybridized carbons (Fsp3) is 0.600. The number of benzene rings is 1. The lowest BCUT2D eigenvalue weighted by Gasteiger charge is -2.29. The van der Waals surface area contributed by atoms with Crippen LogP contribution in [0.2, 0.25) is 0 Å². The Balaban J connectivity index is 2.08. The van der Waals surface area contributed by atoms with E-state index in [-0.39, 0.29) is 36.5 Å². The van der Waals surface area contributed by atoms with Crippen molar-refractivity contribution in [3.8, 4) is 5.75 Å². The number of thioether (sulfide) groups is 1. The molecule has 38 heteroatoms. The van der Waals surface area contributed by atoms with Gasteiger partial charge in [-0.15, -0.1) is 0 Å². The van der Waals surface area contributed by atoms with Crippen molar-refractivity contribution < 1.29 is 92.0 Å². The van der Waals surface area contributed by atoms with Crippen molar-refractivity contribution >= 4 is 150 Å². The molecular weight excluding hydrogens is 1320 g/mol. The lowest BCUT2D eigenvalue weighted by atomic mass is 10.0. The van der Waals surface area contributed by atoms with Gasteiger partial charge in [0.15, 0.2) is 0 Å². The molecule has 3 aliphatic heterocycles. The van der Waals surface area contributed by atoms with Crippen molar-refractivity contribution in [1.29, 1.82) is 0 Å². The van der Waals surface area contributed by atoms with E-state index in [4.69, 9.17) is 5.73 Å². The van der Waals surface area contributed by atoms with Gasteiger partial charge in [-0.1, -0.05) is 83.0 Å². The van der Waals surface area contributed by atoms with Crippen molar-refractivity contribution in [1.82, 2.24) is 69.1 Å². The van der Waals surface area contributed by atoms with Crippen LogP contribution < -0.4 is 74.9 Å². The van der Waals surface area contributed by atoms with Crippen LogP contribution in [0.5, 0.6) is 5.75 Å². The van der Waals surface area contributed by atoms with Crippen LogP contribution in [0.3, 0.4) is 0 Å². The number of hydrogen-bond donors (Lipinski definition) is 17. The number of amides is 14. The fourth-order valence-electron chi connectivity index (χ4n) is 8.91. The third kappa shape index (κ3) is 27.0. The van der Waals surface area contributed by atoms with Gasteiger partial charge in [0.2, 0.25) is 82.7 Å². The fourth-order valence-corrected chi connectivity index (χ4v) is 14.6. The van der Waals surface area contributed by atoms with Gasteiger partial charge in [0.25, 0.3) is 0 Å². The van der Waals surface area contributed by atoms with Gasteiger partial charge in [0, 0.05) is 48.5 Å². The lowest BCUT2D eigenvalue weighted by molar-refractivity contribution is -0.141. The predicted octanol–water partition coefficient (Wildman–Crippen LogP) is -4.64. The van der Waals surface area contributed by atoms with Crippen LogP contribution in [0.15, 0.2) is 24.3 Å². The van der Waals surface area contributed by atoms with E-state index < -0.39 is 228 Å². The maximum atomic E-state index is 14.8. The number of primary amides is 1. The second-order valence-electron chi connectivity index (χ2n) is 22.5. The standard InChI is InChI=1S/C55H80N14O19S5/c1-24(2)15-32-48(80)67-38-22-92-93-23-39(55(87)88)60-41(73)18-57-45(77)33(16-28-7-9-29(71)10-8-28)64-50(82)35-19-89-14-13-31(47(79)61-30(46(78)63-32)11-12-42(74)75)62-51(83)36(59-27(6)70)20-90-91-21-37(68-53(38)85)52(84)65-34(17-40(56)72)49(81)69-43(25(3)4)54(86)58-26(5)44(76)66-35/h7-10,24-26,30-39,43,71H,11-23H2,1-6H3,(H2,56,72)(H,57,77)(H,58,86)(H,59,70)(H,60,73)(H,61,79)(H,62,83)(H,63,78)(H,64,82)(H,65,84)(H,66,76)(H,67,80)(H,68,85)(H,69,81)(H,74,75)(H,87,88)/t26-,30-,31-,32-,33-,34-,35-,36-,37-,38-,39-,43-/m0/s1. The van der Waals surface area contributed by atoms with Gasteiger partial charge in [-0.25, -0.2) is 4.79 Å². The zero-order chi connectivity index (χ0) is 69.2. The summed E-state index contributed by atoms with van der Waals surface area (Å²) in [6.45, 7) is 7.81. The number of carbonyl (C=O) groups is 16. The number of nitrogens with two attached hydrogens (primary N) is 1. The monoisotopic (exact) mass is 1400 g/mol. The second-order valence-corrected chi connectivity index (χ2v) is 28.7. The van der Waals surface area contributed by atoms with E-state index in [1.807, 2.05) is 0 Å². The first-order chi connectivity index (χ1) is 43.8. The third-order valence-corrected chi connectivity index (χ3v) is 19.8. The van der Waals surface area contributed by atoms with E-state index in [1.54, 1.807) is 13.8 Å². The lowest BCUT2D eigenvalue weighted by Crippen LogP contribution is -2.62. The average Bonchev–Trinajstić information content (AvgIpc) is 2.47. The maximum Gasteiger partial charge on any atom is 0.327 e. The van der Waals surface area contributed by atoms with Crippen LogP contribution >= 0.6 is 54.9 Å². The molecule has 4 bridgehead atoms. The van der Waals surface area contributed by atoms with Crippen molar-refractivity contribution in [3.05, 3.63) is 29.8 Å². The number of carboxylic acid groups (broad SMARTS) is 2. The van der Waals surface area contributed by atoms with Gasteiger partial charge in [-0.2, -0.15) is 11.8 Å². The zero-order valence-electron chi connectivity index (χ0n) is 51.6. The summed E-state index contributed by atoms with van der Waals surface area (Å²) < 4.78 is 0. The summed E-state index contributed by atoms with van der Waals surface area (Å²) in [5.74, 6) is -21.3. The molecule has 0 aliphatic carbocycles. The second kappa shape index (κ2) is 38.5. The van der Waals surface area contributed by atoms with E-state index in [9.17, 15) is 92.0 Å². The van der Waals surface area contributed by atoms with Crippen LogP contribution in [-0.2, 0) is 83.1 Å². The molecule has 0 saturated carbocycles. The van der Waals surface area contributed by atoms with Gasteiger partial charge in [0.05, 0.1) is 13.0 Å². The van der Waals surface area contributed by atoms with Crippen LogP contribution in [0, 0.1) is 11.8 Å². The number of aromatic hydroxyl groups is 1. The van der Waals surface area contributed by atoms with E-state index in [0.717, 1.165) is 61.9 Å². The summed E-state index contributed by atoms with van der Waals surface area (Å²) in [4.78, 5) is 222. The van der Waals surface area contributed by atoms with E-state index in [2.05, 4.69) is 69.1 Å². The van der Waals surface area contributed by atoms with Gasteiger partial charge in [0.1, 0.15) is 78.3 Å². The van der Waals surface area contributed by atoms with Crippen LogP contribution in [0.25, 0.3) is 0 Å². The van der Waals surface area contributed by atoms with Crippen LogP contribution in [0.4, 0.5) is 0 Å². The highest BCUT2D eigenvalue weighted by Crippen LogP contribution is 2.26. The largest absolute Gasteiger partial charge is 0.508 e. The summed E-state index contributed by atoms with van der Waals surface area (Å²) in [5.41, 5.74) is 5.93. The molecule has 3 saturated heterocycles. The molecule has 4 rings (SSSR count). The molecule has 12 atom stereocenters. The number of rotatable bonds is 12. The number of phenolic OH excluding ortho intramolecular Hbond substituents is 1. The number of fused-ring (bicyclic) bond motifs is 19. The Kier molecular flexibility index (Phi) is 32.2. The average molecular weight is 1400 g/mol. The van der Waals surface area contributed by atoms with Crippen molar-refractivity contribution in [2.75, 3.05) is 41.1 Å². The highest BCUT2D eigenvalue weighted by Gasteiger charge is 2.38. The third-order valence-electron chi connectivity index (χ3n) is 13.9. The Morgan fingerprint density at radius 2 is 1.09 bits per heavy atom. The van der Waals surface area contributed by atoms with Crippen molar-refractivity contribution in [2.24, 2.45) is 17.6 Å². The molecule has 3 aliphatic rings. The molecule has 0 spiro atoms. The van der Waals surface area contributed by atoms with E-state index >= 15 is 0 Å². The minimum atomic E-state index is -1.88. The maximum absolute atomic E-state index is 14.8.